The largest absolute Gasteiger partial charge is 0.424 e. The fourth-order valence-corrected chi connectivity index (χ4v) is 0.546. The van der Waals surface area contributed by atoms with Crippen LogP contribution < -0.4 is 0 Å². The monoisotopic (exact) mass is 123 g/mol. The molecule has 0 aromatic heterocycles. The molecular weight excluding hydrogens is 116 g/mol. The zero-order valence-electron chi connectivity index (χ0n) is 4.53. The van der Waals surface area contributed by atoms with Crippen LogP contribution in [0, 0.1) is 0 Å². The third-order valence-electron chi connectivity index (χ3n) is 1.15. The molecule has 0 aliphatic carbocycles. The fraction of sp³-hybridized carbons (Fsp3) is 1.00. The zero-order valence-corrected chi connectivity index (χ0v) is 4.53. The molecule has 0 unspecified atom stereocenters. The topological polar surface area (TPSA) is 12.5 Å². The minimum Gasteiger partial charge on any atom is -0.305 e. The first-order valence-electron chi connectivity index (χ1n) is 2.36. The second-order valence-electron chi connectivity index (χ2n) is 1.76. The molecule has 1 aliphatic rings. The Morgan fingerprint density at radius 1 is 1.62 bits per heavy atom. The first-order valence-corrected chi connectivity index (χ1v) is 2.36. The summed E-state index contributed by atoms with van der Waals surface area (Å²) in [4.78, 5) is 0.868. The first kappa shape index (κ1) is 5.91. The van der Waals surface area contributed by atoms with Gasteiger partial charge in [0.25, 0.3) is 0 Å². The highest BCUT2D eigenvalue weighted by molar-refractivity contribution is 4.61. The number of hydrogen-bond donors (Lipinski definition) is 0. The fourth-order valence-electron chi connectivity index (χ4n) is 0.546. The smallest absolute Gasteiger partial charge is 0.305 e. The van der Waals surface area contributed by atoms with Gasteiger partial charge in [-0.05, 0) is 7.05 Å². The predicted octanol–water partition coefficient (Wildman–Crippen LogP) is 0.499. The summed E-state index contributed by atoms with van der Waals surface area (Å²) in [6.45, 7) is 0.441. The SMILES string of the molecule is CN1CCOC1(F)F. The van der Waals surface area contributed by atoms with E-state index in [2.05, 4.69) is 4.74 Å². The van der Waals surface area contributed by atoms with E-state index < -0.39 is 6.23 Å². The molecule has 0 aromatic rings. The normalized spacial score (nSPS) is 28.9. The van der Waals surface area contributed by atoms with Crippen molar-refractivity contribution < 1.29 is 13.5 Å². The van der Waals surface area contributed by atoms with Crippen LogP contribution in [0.4, 0.5) is 8.78 Å². The number of hydrogen-bond acceptors (Lipinski definition) is 2. The van der Waals surface area contributed by atoms with Gasteiger partial charge in [-0.3, -0.25) is 0 Å². The molecule has 0 atom stereocenters. The molecule has 0 amide bonds. The van der Waals surface area contributed by atoms with Crippen LogP contribution in [0.25, 0.3) is 0 Å². The quantitative estimate of drug-likeness (QED) is 0.435. The van der Waals surface area contributed by atoms with Gasteiger partial charge < -0.3 is 4.74 Å². The van der Waals surface area contributed by atoms with Crippen molar-refractivity contribution in [2.24, 2.45) is 0 Å². The summed E-state index contributed by atoms with van der Waals surface area (Å²) in [5.74, 6) is 0. The van der Waals surface area contributed by atoms with E-state index in [4.69, 9.17) is 0 Å². The molecule has 0 radical (unpaired) electrons. The van der Waals surface area contributed by atoms with E-state index >= 15 is 0 Å². The molecule has 1 saturated heterocycles. The van der Waals surface area contributed by atoms with Gasteiger partial charge in [0, 0.05) is 6.54 Å². The van der Waals surface area contributed by atoms with Crippen LogP contribution in [0.3, 0.4) is 0 Å². The summed E-state index contributed by atoms with van der Waals surface area (Å²) < 4.78 is 28.1. The Morgan fingerprint density at radius 3 is 2.38 bits per heavy atom. The number of halogens is 2. The third kappa shape index (κ3) is 0.809. The summed E-state index contributed by atoms with van der Waals surface area (Å²) in [6.07, 6.45) is -3.01. The molecular formula is C4H7F2NO. The Bertz CT molecular complexity index is 96.0. The van der Waals surface area contributed by atoms with Crippen molar-refractivity contribution in [1.82, 2.24) is 4.90 Å². The minimum absolute atomic E-state index is 0.128. The molecule has 1 rings (SSSR count). The predicted molar refractivity (Wildman–Crippen MR) is 23.5 cm³/mol. The lowest BCUT2D eigenvalue weighted by molar-refractivity contribution is -0.273. The molecule has 4 heteroatoms. The molecule has 2 nitrogen and oxygen atoms in total. The van der Waals surface area contributed by atoms with Crippen molar-refractivity contribution >= 4 is 0 Å². The second-order valence-corrected chi connectivity index (χ2v) is 1.76. The third-order valence-corrected chi connectivity index (χ3v) is 1.15. The lowest BCUT2D eigenvalue weighted by atomic mass is 10.7. The zero-order chi connectivity index (χ0) is 6.20. The van der Waals surface area contributed by atoms with Crippen LogP contribution in [-0.2, 0) is 4.74 Å². The number of ether oxygens (including phenoxy) is 1. The van der Waals surface area contributed by atoms with E-state index in [1.807, 2.05) is 0 Å². The van der Waals surface area contributed by atoms with Crippen LogP contribution in [0.5, 0.6) is 0 Å². The molecule has 1 aliphatic heterocycles. The molecule has 1 heterocycles. The summed E-state index contributed by atoms with van der Waals surface area (Å²) in [5.41, 5.74) is 0. The summed E-state index contributed by atoms with van der Waals surface area (Å²) in [5, 5.41) is 0. The molecule has 0 N–H and O–H groups in total. The molecule has 1 fully saturated rings. The molecule has 0 saturated carbocycles. The van der Waals surface area contributed by atoms with Gasteiger partial charge in [-0.1, -0.05) is 0 Å². The Balaban J connectivity index is 2.54. The van der Waals surface area contributed by atoms with Crippen LogP contribution in [0.1, 0.15) is 0 Å². The highest BCUT2D eigenvalue weighted by atomic mass is 19.3. The lowest BCUT2D eigenvalue weighted by Crippen LogP contribution is -2.32. The van der Waals surface area contributed by atoms with E-state index in [0.717, 1.165) is 4.90 Å². The van der Waals surface area contributed by atoms with E-state index in [0.29, 0.717) is 6.54 Å². The molecule has 0 aromatic carbocycles. The summed E-state index contributed by atoms with van der Waals surface area (Å²) in [7, 11) is 1.33. The molecule has 48 valence electrons. The van der Waals surface area contributed by atoms with E-state index in [1.54, 1.807) is 0 Å². The maximum absolute atomic E-state index is 12.0. The maximum Gasteiger partial charge on any atom is 0.424 e. The van der Waals surface area contributed by atoms with E-state index in [-0.39, 0.29) is 6.61 Å². The number of likely N-dealkylation sites (N-methyl/N-ethyl adjacent to an activating group) is 1. The number of alkyl halides is 2. The average Bonchev–Trinajstić information content (AvgIpc) is 1.86. The van der Waals surface area contributed by atoms with Crippen LogP contribution in [0.15, 0.2) is 0 Å². The summed E-state index contributed by atoms with van der Waals surface area (Å²) >= 11 is 0. The molecule has 0 bridgehead atoms. The summed E-state index contributed by atoms with van der Waals surface area (Å²) in [6, 6.07) is 0. The molecule has 8 heavy (non-hydrogen) atoms. The van der Waals surface area contributed by atoms with Crippen molar-refractivity contribution in [2.45, 2.75) is 6.23 Å². The van der Waals surface area contributed by atoms with Crippen LogP contribution >= 0.6 is 0 Å². The standard InChI is InChI=1S/C4H7F2NO/c1-7-2-3-8-4(7,5)6/h2-3H2,1H3. The van der Waals surface area contributed by atoms with Crippen LogP contribution in [-0.4, -0.2) is 31.3 Å². The Labute approximate surface area is 46.0 Å². The second kappa shape index (κ2) is 1.63. The van der Waals surface area contributed by atoms with E-state index in [1.165, 1.54) is 7.05 Å². The van der Waals surface area contributed by atoms with Gasteiger partial charge in [0.2, 0.25) is 0 Å². The van der Waals surface area contributed by atoms with Crippen molar-refractivity contribution in [3.05, 3.63) is 0 Å². The average molecular weight is 123 g/mol. The Kier molecular flexibility index (Phi) is 1.21. The van der Waals surface area contributed by atoms with Crippen molar-refractivity contribution in [3.8, 4) is 0 Å². The van der Waals surface area contributed by atoms with Gasteiger partial charge in [0.05, 0.1) is 6.61 Å². The van der Waals surface area contributed by atoms with Gasteiger partial charge in [-0.15, -0.1) is 0 Å². The molecule has 0 spiro atoms. The Hall–Kier alpha value is -0.220. The van der Waals surface area contributed by atoms with Crippen LogP contribution in [0.2, 0.25) is 0 Å². The van der Waals surface area contributed by atoms with Gasteiger partial charge >= 0.3 is 6.23 Å². The highest BCUT2D eigenvalue weighted by Crippen LogP contribution is 2.23. The van der Waals surface area contributed by atoms with Gasteiger partial charge in [-0.2, -0.15) is 8.78 Å². The van der Waals surface area contributed by atoms with E-state index in [9.17, 15) is 8.78 Å². The van der Waals surface area contributed by atoms with Crippen molar-refractivity contribution in [1.29, 1.82) is 0 Å². The van der Waals surface area contributed by atoms with Gasteiger partial charge in [0.15, 0.2) is 0 Å². The van der Waals surface area contributed by atoms with Crippen molar-refractivity contribution in [2.75, 3.05) is 20.2 Å². The number of rotatable bonds is 0. The maximum atomic E-state index is 12.0. The minimum atomic E-state index is -3.01. The van der Waals surface area contributed by atoms with Gasteiger partial charge in [-0.25, -0.2) is 4.90 Å². The first-order chi connectivity index (χ1) is 3.63. The lowest BCUT2D eigenvalue weighted by Gasteiger charge is -2.14. The number of nitrogens with zero attached hydrogens (tertiary/aromatic N) is 1. The Morgan fingerprint density at radius 2 is 2.25 bits per heavy atom. The van der Waals surface area contributed by atoms with Crippen molar-refractivity contribution in [3.63, 3.8) is 0 Å². The highest BCUT2D eigenvalue weighted by Gasteiger charge is 2.40. The van der Waals surface area contributed by atoms with Gasteiger partial charge in [0.1, 0.15) is 0 Å².